The molecule has 0 aliphatic carbocycles. The zero-order valence-corrected chi connectivity index (χ0v) is 18.3. The minimum Gasteiger partial charge on any atom is -0.355 e. The van der Waals surface area contributed by atoms with E-state index in [1.165, 1.54) is 25.1 Å². The van der Waals surface area contributed by atoms with Crippen molar-refractivity contribution >= 4 is 17.4 Å². The maximum atomic E-state index is 14.7. The third kappa shape index (κ3) is 5.47. The Bertz CT molecular complexity index is 925. The van der Waals surface area contributed by atoms with Crippen molar-refractivity contribution in [3.63, 3.8) is 0 Å². The number of rotatable bonds is 7. The van der Waals surface area contributed by atoms with Gasteiger partial charge < -0.3 is 14.7 Å². The number of halogens is 2. The Morgan fingerprint density at radius 2 is 1.68 bits per heavy atom. The van der Waals surface area contributed by atoms with Crippen LogP contribution in [0.2, 0.25) is 0 Å². The van der Waals surface area contributed by atoms with Gasteiger partial charge in [0.25, 0.3) is 0 Å². The van der Waals surface area contributed by atoms with E-state index in [1.807, 2.05) is 4.90 Å². The van der Waals surface area contributed by atoms with Crippen LogP contribution in [0.25, 0.3) is 0 Å². The minimum atomic E-state index is -0.564. The lowest BCUT2D eigenvalue weighted by Crippen LogP contribution is -2.54. The summed E-state index contributed by atoms with van der Waals surface area (Å²) in [6.07, 6.45) is 0. The Hall–Kier alpha value is -2.80. The number of carbonyl (C=O) groups is 2. The van der Waals surface area contributed by atoms with Crippen LogP contribution in [0.3, 0.4) is 0 Å². The van der Waals surface area contributed by atoms with Crippen LogP contribution >= 0.6 is 0 Å². The number of hydrogen-bond donors (Lipinski definition) is 0. The van der Waals surface area contributed by atoms with Crippen molar-refractivity contribution in [2.75, 3.05) is 37.6 Å². The molecule has 1 saturated heterocycles. The van der Waals surface area contributed by atoms with Crippen LogP contribution < -0.4 is 4.90 Å². The Morgan fingerprint density at radius 3 is 2.23 bits per heavy atom. The summed E-state index contributed by atoms with van der Waals surface area (Å²) in [4.78, 5) is 30.7. The van der Waals surface area contributed by atoms with Gasteiger partial charge in [-0.1, -0.05) is 19.1 Å². The molecular weight excluding hydrogens is 400 g/mol. The molecule has 1 aliphatic rings. The molecule has 3 rings (SSSR count). The van der Waals surface area contributed by atoms with E-state index in [1.54, 1.807) is 36.1 Å². The van der Waals surface area contributed by atoms with Gasteiger partial charge in [0, 0.05) is 49.5 Å². The van der Waals surface area contributed by atoms with Crippen LogP contribution in [0, 0.1) is 11.6 Å². The fourth-order valence-electron chi connectivity index (χ4n) is 3.84. The summed E-state index contributed by atoms with van der Waals surface area (Å²) in [5, 5.41) is 0. The lowest BCUT2D eigenvalue weighted by molar-refractivity contribution is -0.134. The summed E-state index contributed by atoms with van der Waals surface area (Å²) in [6.45, 7) is 9.30. The van der Waals surface area contributed by atoms with Gasteiger partial charge in [0.1, 0.15) is 17.7 Å². The van der Waals surface area contributed by atoms with Gasteiger partial charge in [-0.3, -0.25) is 9.59 Å². The largest absolute Gasteiger partial charge is 0.355 e. The quantitative estimate of drug-likeness (QED) is 0.629. The molecule has 2 aromatic rings. The average Bonchev–Trinajstić information content (AvgIpc) is 2.78. The van der Waals surface area contributed by atoms with Crippen molar-refractivity contribution in [3.8, 4) is 0 Å². The normalized spacial score (nSPS) is 15.6. The van der Waals surface area contributed by atoms with E-state index >= 15 is 0 Å². The molecule has 1 aliphatic heterocycles. The number of nitrogens with zero attached hydrogens (tertiary/aromatic N) is 3. The monoisotopic (exact) mass is 429 g/mol. The average molecular weight is 430 g/mol. The molecule has 166 valence electrons. The Balaban J connectivity index is 1.85. The van der Waals surface area contributed by atoms with Crippen molar-refractivity contribution in [1.29, 1.82) is 0 Å². The molecule has 2 aromatic carbocycles. The van der Waals surface area contributed by atoms with Crippen LogP contribution in [0.15, 0.2) is 42.5 Å². The summed E-state index contributed by atoms with van der Waals surface area (Å²) in [5.74, 6) is -1.14. The van der Waals surface area contributed by atoms with E-state index < -0.39 is 11.9 Å². The number of ketones is 1. The van der Waals surface area contributed by atoms with Crippen molar-refractivity contribution in [2.24, 2.45) is 0 Å². The van der Waals surface area contributed by atoms with E-state index in [9.17, 15) is 18.4 Å². The van der Waals surface area contributed by atoms with E-state index in [0.29, 0.717) is 29.9 Å². The smallest absolute Gasteiger partial charge is 0.245 e. The number of amides is 1. The predicted molar refractivity (Wildman–Crippen MR) is 117 cm³/mol. The maximum Gasteiger partial charge on any atom is 0.245 e. The van der Waals surface area contributed by atoms with E-state index in [2.05, 4.69) is 11.8 Å². The highest BCUT2D eigenvalue weighted by Crippen LogP contribution is 2.24. The standard InChI is InChI=1S/C24H29F2N3O2/c1-4-27-11-13-28(14-12-27)24(31)17(2)29(22-9-7-21(25)8-10-22)16-20-6-5-19(18(3)30)15-23(20)26/h5-10,15,17H,4,11-14,16H2,1-3H3/t17-/m1/s1. The molecule has 0 saturated carbocycles. The SMILES string of the molecule is CCN1CCN(C(=O)[C@@H](C)N(Cc2ccc(C(C)=O)cc2F)c2ccc(F)cc2)CC1. The molecule has 7 heteroatoms. The molecule has 0 spiro atoms. The Labute approximate surface area is 182 Å². The van der Waals surface area contributed by atoms with Crippen LogP contribution in [-0.2, 0) is 11.3 Å². The number of anilines is 1. The van der Waals surface area contributed by atoms with Crippen LogP contribution in [-0.4, -0.2) is 60.3 Å². The summed E-state index contributed by atoms with van der Waals surface area (Å²) in [5.41, 5.74) is 1.29. The van der Waals surface area contributed by atoms with E-state index in [0.717, 1.165) is 19.6 Å². The van der Waals surface area contributed by atoms with Gasteiger partial charge in [-0.15, -0.1) is 0 Å². The van der Waals surface area contributed by atoms with E-state index in [-0.39, 0.29) is 24.1 Å². The zero-order valence-electron chi connectivity index (χ0n) is 18.3. The molecule has 1 fully saturated rings. The van der Waals surface area contributed by atoms with Gasteiger partial charge >= 0.3 is 0 Å². The second kappa shape index (κ2) is 10.0. The number of likely N-dealkylation sites (N-methyl/N-ethyl adjacent to an activating group) is 1. The predicted octanol–water partition coefficient (Wildman–Crippen LogP) is 3.73. The molecule has 5 nitrogen and oxygen atoms in total. The summed E-state index contributed by atoms with van der Waals surface area (Å²) < 4.78 is 28.2. The summed E-state index contributed by atoms with van der Waals surface area (Å²) in [7, 11) is 0. The van der Waals surface area contributed by atoms with Crippen molar-refractivity contribution < 1.29 is 18.4 Å². The lowest BCUT2D eigenvalue weighted by Gasteiger charge is -2.38. The van der Waals surface area contributed by atoms with Crippen molar-refractivity contribution in [1.82, 2.24) is 9.80 Å². The first-order chi connectivity index (χ1) is 14.8. The molecule has 0 N–H and O–H groups in total. The second-order valence-corrected chi connectivity index (χ2v) is 7.90. The molecule has 31 heavy (non-hydrogen) atoms. The maximum absolute atomic E-state index is 14.7. The second-order valence-electron chi connectivity index (χ2n) is 7.90. The highest BCUT2D eigenvalue weighted by Gasteiger charge is 2.29. The molecule has 0 radical (unpaired) electrons. The lowest BCUT2D eigenvalue weighted by atomic mass is 10.1. The number of Topliss-reactive ketones (excluding diaryl/α,β-unsaturated/α-hetero) is 1. The molecule has 1 atom stereocenters. The highest BCUT2D eigenvalue weighted by atomic mass is 19.1. The summed E-state index contributed by atoms with van der Waals surface area (Å²) in [6, 6.07) is 9.65. The van der Waals surface area contributed by atoms with Gasteiger partial charge in [0.15, 0.2) is 5.78 Å². The molecule has 1 heterocycles. The Morgan fingerprint density at radius 1 is 1.03 bits per heavy atom. The van der Waals surface area contributed by atoms with E-state index in [4.69, 9.17) is 0 Å². The molecule has 0 bridgehead atoms. The minimum absolute atomic E-state index is 0.0409. The molecular formula is C24H29F2N3O2. The molecule has 0 unspecified atom stereocenters. The van der Waals surface area contributed by atoms with Gasteiger partial charge in [-0.25, -0.2) is 8.78 Å². The van der Waals surface area contributed by atoms with Gasteiger partial charge in [-0.2, -0.15) is 0 Å². The van der Waals surface area contributed by atoms with Crippen LogP contribution in [0.5, 0.6) is 0 Å². The van der Waals surface area contributed by atoms with Gasteiger partial charge in [-0.05, 0) is 50.7 Å². The van der Waals surface area contributed by atoms with Crippen molar-refractivity contribution in [3.05, 3.63) is 65.2 Å². The molecule has 1 amide bonds. The third-order valence-electron chi connectivity index (χ3n) is 5.91. The fraction of sp³-hybridized carbons (Fsp3) is 0.417. The number of piperazine rings is 1. The first-order valence-corrected chi connectivity index (χ1v) is 10.6. The first kappa shape index (κ1) is 22.9. The number of hydrogen-bond acceptors (Lipinski definition) is 4. The van der Waals surface area contributed by atoms with Gasteiger partial charge in [0.05, 0.1) is 0 Å². The first-order valence-electron chi connectivity index (χ1n) is 10.6. The summed E-state index contributed by atoms with van der Waals surface area (Å²) >= 11 is 0. The Kier molecular flexibility index (Phi) is 7.38. The highest BCUT2D eigenvalue weighted by molar-refractivity contribution is 5.94. The van der Waals surface area contributed by atoms with Crippen molar-refractivity contribution in [2.45, 2.75) is 33.4 Å². The molecule has 0 aromatic heterocycles. The zero-order chi connectivity index (χ0) is 22.5. The number of benzene rings is 2. The van der Waals surface area contributed by atoms with Crippen LogP contribution in [0.4, 0.5) is 14.5 Å². The van der Waals surface area contributed by atoms with Gasteiger partial charge in [0.2, 0.25) is 5.91 Å². The fourth-order valence-corrected chi connectivity index (χ4v) is 3.84. The topological polar surface area (TPSA) is 43.9 Å². The number of carbonyl (C=O) groups excluding carboxylic acids is 2. The van der Waals surface area contributed by atoms with Crippen LogP contribution in [0.1, 0.15) is 36.7 Å². The third-order valence-corrected chi connectivity index (χ3v) is 5.91.